The Labute approximate surface area is 129 Å². The lowest BCUT2D eigenvalue weighted by Gasteiger charge is -2.12. The van der Waals surface area contributed by atoms with Crippen molar-refractivity contribution in [2.75, 3.05) is 13.2 Å². The Kier molecular flexibility index (Phi) is 6.45. The van der Waals surface area contributed by atoms with E-state index in [1.54, 1.807) is 24.3 Å². The second kappa shape index (κ2) is 7.85. The Hall–Kier alpha value is -1.79. The summed E-state index contributed by atoms with van der Waals surface area (Å²) in [6.45, 7) is 0.404. The second-order valence-corrected chi connectivity index (χ2v) is 4.98. The van der Waals surface area contributed by atoms with Crippen LogP contribution >= 0.6 is 12.4 Å². The highest BCUT2D eigenvalue weighted by atomic mass is 35.5. The first-order chi connectivity index (χ1) is 9.56. The smallest absolute Gasteiger partial charge is 0.257 e. The fourth-order valence-electron chi connectivity index (χ4n) is 1.84. The molecule has 1 aliphatic rings. The fourth-order valence-corrected chi connectivity index (χ4v) is 1.84. The highest BCUT2D eigenvalue weighted by molar-refractivity contribution is 5.92. The summed E-state index contributed by atoms with van der Waals surface area (Å²) < 4.78 is 5.31. The van der Waals surface area contributed by atoms with E-state index >= 15 is 0 Å². The zero-order chi connectivity index (χ0) is 14.5. The first-order valence-corrected chi connectivity index (χ1v) is 6.61. The van der Waals surface area contributed by atoms with Gasteiger partial charge in [0.15, 0.2) is 6.61 Å². The largest absolute Gasteiger partial charge is 0.484 e. The molecular weight excluding hydrogens is 294 g/mol. The first kappa shape index (κ1) is 17.3. The molecule has 1 atom stereocenters. The molecule has 2 rings (SSSR count). The van der Waals surface area contributed by atoms with Crippen LogP contribution in [-0.2, 0) is 4.79 Å². The molecule has 6 nitrogen and oxygen atoms in total. The average molecular weight is 314 g/mol. The van der Waals surface area contributed by atoms with Gasteiger partial charge < -0.3 is 21.5 Å². The maximum atomic E-state index is 11.6. The predicted molar refractivity (Wildman–Crippen MR) is 81.4 cm³/mol. The lowest BCUT2D eigenvalue weighted by molar-refractivity contribution is -0.123. The van der Waals surface area contributed by atoms with Crippen LogP contribution < -0.4 is 21.5 Å². The van der Waals surface area contributed by atoms with Crippen molar-refractivity contribution < 1.29 is 14.3 Å². The van der Waals surface area contributed by atoms with Gasteiger partial charge in [0.25, 0.3) is 5.91 Å². The first-order valence-electron chi connectivity index (χ1n) is 6.61. The van der Waals surface area contributed by atoms with Gasteiger partial charge in [0.2, 0.25) is 5.91 Å². The zero-order valence-electron chi connectivity index (χ0n) is 11.6. The third kappa shape index (κ3) is 5.61. The molecule has 21 heavy (non-hydrogen) atoms. The summed E-state index contributed by atoms with van der Waals surface area (Å²) in [5, 5.41) is 2.74. The van der Waals surface area contributed by atoms with Gasteiger partial charge in [-0.25, -0.2) is 0 Å². The Bertz CT molecular complexity index is 489. The molecule has 5 N–H and O–H groups in total. The van der Waals surface area contributed by atoms with Gasteiger partial charge >= 0.3 is 0 Å². The summed E-state index contributed by atoms with van der Waals surface area (Å²) in [7, 11) is 0. The highest BCUT2D eigenvalue weighted by Crippen LogP contribution is 2.31. The minimum absolute atomic E-state index is 0. The monoisotopic (exact) mass is 313 g/mol. The quantitative estimate of drug-likeness (QED) is 0.678. The van der Waals surface area contributed by atoms with Crippen LogP contribution in [0, 0.1) is 5.92 Å². The highest BCUT2D eigenvalue weighted by Gasteiger charge is 2.28. The van der Waals surface area contributed by atoms with Gasteiger partial charge in [-0.05, 0) is 43.0 Å². The van der Waals surface area contributed by atoms with Crippen LogP contribution in [0.4, 0.5) is 0 Å². The molecule has 0 heterocycles. The Balaban J connectivity index is 0.00000220. The number of primary amides is 1. The third-order valence-corrected chi connectivity index (χ3v) is 3.27. The van der Waals surface area contributed by atoms with Crippen LogP contribution in [0.15, 0.2) is 24.3 Å². The van der Waals surface area contributed by atoms with Gasteiger partial charge in [0.05, 0.1) is 0 Å². The van der Waals surface area contributed by atoms with Crippen molar-refractivity contribution in [3.8, 4) is 5.75 Å². The number of halogens is 1. The number of amides is 2. The van der Waals surface area contributed by atoms with E-state index in [-0.39, 0.29) is 31.0 Å². The van der Waals surface area contributed by atoms with Crippen LogP contribution in [0.3, 0.4) is 0 Å². The van der Waals surface area contributed by atoms with Crippen molar-refractivity contribution in [1.82, 2.24) is 5.32 Å². The maximum absolute atomic E-state index is 11.6. The van der Waals surface area contributed by atoms with E-state index in [0.29, 0.717) is 23.8 Å². The molecule has 0 aliphatic heterocycles. The summed E-state index contributed by atoms with van der Waals surface area (Å²) in [5.41, 5.74) is 11.4. The number of ether oxygens (including phenoxy) is 1. The van der Waals surface area contributed by atoms with Crippen LogP contribution in [0.25, 0.3) is 0 Å². The Morgan fingerprint density at radius 2 is 1.90 bits per heavy atom. The SMILES string of the molecule is Cl.NC(=O)c1ccc(OCC(=O)NCC(N)C2CC2)cc1. The van der Waals surface area contributed by atoms with Crippen molar-refractivity contribution in [3.63, 3.8) is 0 Å². The van der Waals surface area contributed by atoms with Gasteiger partial charge in [-0.15, -0.1) is 12.4 Å². The summed E-state index contributed by atoms with van der Waals surface area (Å²) in [5.74, 6) is 0.359. The summed E-state index contributed by atoms with van der Waals surface area (Å²) in [6, 6.07) is 6.35. The van der Waals surface area contributed by atoms with Crippen LogP contribution in [0.2, 0.25) is 0 Å². The minimum Gasteiger partial charge on any atom is -0.484 e. The Morgan fingerprint density at radius 3 is 2.43 bits per heavy atom. The van der Waals surface area contributed by atoms with Crippen LogP contribution in [0.5, 0.6) is 5.75 Å². The zero-order valence-corrected chi connectivity index (χ0v) is 12.4. The second-order valence-electron chi connectivity index (χ2n) is 4.98. The minimum atomic E-state index is -0.497. The summed E-state index contributed by atoms with van der Waals surface area (Å²) in [4.78, 5) is 22.5. The molecule has 0 spiro atoms. The maximum Gasteiger partial charge on any atom is 0.257 e. The molecule has 0 aromatic heterocycles. The number of benzene rings is 1. The van der Waals surface area contributed by atoms with E-state index in [2.05, 4.69) is 5.32 Å². The molecule has 1 fully saturated rings. The number of hydrogen-bond acceptors (Lipinski definition) is 4. The number of nitrogens with two attached hydrogens (primary N) is 2. The summed E-state index contributed by atoms with van der Waals surface area (Å²) >= 11 is 0. The van der Waals surface area contributed by atoms with Crippen molar-refractivity contribution >= 4 is 24.2 Å². The van der Waals surface area contributed by atoms with Crippen molar-refractivity contribution in [1.29, 1.82) is 0 Å². The molecule has 116 valence electrons. The van der Waals surface area contributed by atoms with E-state index in [0.717, 1.165) is 12.8 Å². The molecule has 1 aliphatic carbocycles. The number of hydrogen-bond donors (Lipinski definition) is 3. The molecular formula is C14H20ClN3O3. The van der Waals surface area contributed by atoms with Crippen molar-refractivity contribution in [3.05, 3.63) is 29.8 Å². The average Bonchev–Trinajstić information content (AvgIpc) is 3.27. The topological polar surface area (TPSA) is 107 Å². The molecule has 7 heteroatoms. The molecule has 1 saturated carbocycles. The fraction of sp³-hybridized carbons (Fsp3) is 0.429. The number of rotatable bonds is 7. The van der Waals surface area contributed by atoms with E-state index in [4.69, 9.17) is 16.2 Å². The number of carbonyl (C=O) groups excluding carboxylic acids is 2. The van der Waals surface area contributed by atoms with E-state index in [1.807, 2.05) is 0 Å². The van der Waals surface area contributed by atoms with Gasteiger partial charge in [0.1, 0.15) is 5.75 Å². The lowest BCUT2D eigenvalue weighted by atomic mass is 10.2. The molecule has 2 amide bonds. The van der Waals surface area contributed by atoms with Gasteiger partial charge in [-0.2, -0.15) is 0 Å². The van der Waals surface area contributed by atoms with E-state index < -0.39 is 5.91 Å². The predicted octanol–water partition coefficient (Wildman–Crippen LogP) is 0.440. The molecule has 1 aromatic rings. The number of carbonyl (C=O) groups is 2. The van der Waals surface area contributed by atoms with Gasteiger partial charge in [0, 0.05) is 18.2 Å². The van der Waals surface area contributed by atoms with E-state index in [9.17, 15) is 9.59 Å². The number of nitrogens with one attached hydrogen (secondary N) is 1. The standard InChI is InChI=1S/C14H19N3O3.ClH/c15-12(9-1-2-9)7-17-13(18)8-20-11-5-3-10(4-6-11)14(16)19;/h3-6,9,12H,1-2,7-8,15H2,(H2,16,19)(H,17,18);1H. The third-order valence-electron chi connectivity index (χ3n) is 3.27. The van der Waals surface area contributed by atoms with Gasteiger partial charge in [-0.1, -0.05) is 0 Å². The molecule has 1 aromatic carbocycles. The van der Waals surface area contributed by atoms with Crippen LogP contribution in [0.1, 0.15) is 23.2 Å². The lowest BCUT2D eigenvalue weighted by Crippen LogP contribution is -2.40. The van der Waals surface area contributed by atoms with E-state index in [1.165, 1.54) is 0 Å². The van der Waals surface area contributed by atoms with Crippen molar-refractivity contribution in [2.45, 2.75) is 18.9 Å². The molecule has 0 bridgehead atoms. The normalized spacial score (nSPS) is 14.7. The molecule has 1 unspecified atom stereocenters. The van der Waals surface area contributed by atoms with Crippen LogP contribution in [-0.4, -0.2) is 31.0 Å². The van der Waals surface area contributed by atoms with Gasteiger partial charge in [-0.3, -0.25) is 9.59 Å². The molecule has 0 radical (unpaired) electrons. The molecule has 0 saturated heterocycles. The Morgan fingerprint density at radius 1 is 1.29 bits per heavy atom. The summed E-state index contributed by atoms with van der Waals surface area (Å²) in [6.07, 6.45) is 2.31. The van der Waals surface area contributed by atoms with Crippen molar-refractivity contribution in [2.24, 2.45) is 17.4 Å².